The topological polar surface area (TPSA) is 120 Å². The Morgan fingerprint density at radius 3 is 2.33 bits per heavy atom. The molecule has 1 saturated heterocycles. The minimum absolute atomic E-state index is 0.181. The lowest BCUT2D eigenvalue weighted by Gasteiger charge is -2.43. The van der Waals surface area contributed by atoms with Crippen molar-refractivity contribution in [1.82, 2.24) is 0 Å². The van der Waals surface area contributed by atoms with Gasteiger partial charge in [-0.15, -0.1) is 34.8 Å². The summed E-state index contributed by atoms with van der Waals surface area (Å²) in [6.07, 6.45) is -7.05. The number of aliphatic hydroxyl groups excluding tert-OH is 4. The molecule has 0 aromatic rings. The van der Waals surface area contributed by atoms with Gasteiger partial charge in [-0.25, -0.2) is 0 Å². The van der Waals surface area contributed by atoms with Crippen molar-refractivity contribution in [1.29, 1.82) is 0 Å². The van der Waals surface area contributed by atoms with Gasteiger partial charge in [-0.3, -0.25) is 0 Å². The van der Waals surface area contributed by atoms with Crippen LogP contribution in [-0.4, -0.2) is 85.3 Å². The number of hydrogen-bond acceptors (Lipinski definition) is 7. The van der Waals surface area contributed by atoms with E-state index in [1.807, 2.05) is 0 Å². The van der Waals surface area contributed by atoms with Crippen molar-refractivity contribution in [2.24, 2.45) is 0 Å². The fourth-order valence-corrected chi connectivity index (χ4v) is 3.28. The van der Waals surface area contributed by atoms with Crippen molar-refractivity contribution < 1.29 is 35.0 Å². The molecule has 0 bridgehead atoms. The lowest BCUT2D eigenvalue weighted by molar-refractivity contribution is -0.358. The Kier molecular flexibility index (Phi) is 9.49. The molecule has 0 aromatic carbocycles. The molecule has 0 aliphatic carbocycles. The molecule has 1 aliphatic heterocycles. The molecule has 1 fully saturated rings. The van der Waals surface area contributed by atoms with Crippen molar-refractivity contribution >= 4 is 34.8 Å². The van der Waals surface area contributed by atoms with Gasteiger partial charge in [-0.05, 0) is 12.8 Å². The number of halogens is 3. The van der Waals surface area contributed by atoms with E-state index in [-0.39, 0.29) is 18.7 Å². The average Bonchev–Trinajstić information content (AvgIpc) is 2.55. The van der Waals surface area contributed by atoms with Crippen molar-refractivity contribution in [2.75, 3.05) is 11.8 Å². The van der Waals surface area contributed by atoms with Gasteiger partial charge in [-0.1, -0.05) is 6.92 Å². The van der Waals surface area contributed by atoms with Crippen molar-refractivity contribution in [2.45, 2.75) is 74.2 Å². The van der Waals surface area contributed by atoms with Crippen LogP contribution in [0.5, 0.6) is 0 Å². The highest BCUT2D eigenvalue weighted by Crippen LogP contribution is 2.31. The summed E-state index contributed by atoms with van der Waals surface area (Å²) in [5.74, 6) is -2.66. The molecular formula is C14H25Cl3O7. The van der Waals surface area contributed by atoms with Crippen LogP contribution in [-0.2, 0) is 9.47 Å². The largest absolute Gasteiger partial charge is 0.393 e. The second-order valence-electron chi connectivity index (χ2n) is 5.86. The lowest BCUT2D eigenvalue weighted by Crippen LogP contribution is -2.60. The minimum Gasteiger partial charge on any atom is -0.393 e. The molecule has 0 saturated carbocycles. The maximum atomic E-state index is 10.4. The van der Waals surface area contributed by atoms with Crippen LogP contribution in [0.2, 0.25) is 0 Å². The Morgan fingerprint density at radius 1 is 1.21 bits per heavy atom. The van der Waals surface area contributed by atoms with E-state index in [1.165, 1.54) is 0 Å². The third kappa shape index (κ3) is 5.54. The van der Waals surface area contributed by atoms with Crippen LogP contribution in [0.1, 0.15) is 26.2 Å². The molecule has 7 nitrogen and oxygen atoms in total. The molecule has 1 aliphatic rings. The molecule has 1 rings (SSSR count). The van der Waals surface area contributed by atoms with Crippen molar-refractivity contribution in [3.8, 4) is 0 Å². The van der Waals surface area contributed by atoms with Crippen molar-refractivity contribution in [3.05, 3.63) is 0 Å². The standard InChI is InChI=1S/C14H25Cl3O7/c1-2-8-10(17)11(20)12(21)13(23-8)24-14(22,6-16)9(19)5-7(18)3-4-15/h7-13,18-22H,2-6H2,1H3/t7?,8?,9?,10-,11?,12?,13+,14-/m0/s1. The van der Waals surface area contributed by atoms with Gasteiger partial charge in [0, 0.05) is 12.3 Å². The Morgan fingerprint density at radius 2 is 1.83 bits per heavy atom. The third-order valence-electron chi connectivity index (χ3n) is 3.99. The normalized spacial score (nSPS) is 36.1. The van der Waals surface area contributed by atoms with Crippen LogP contribution in [0.15, 0.2) is 0 Å². The zero-order chi connectivity index (χ0) is 18.5. The van der Waals surface area contributed by atoms with Gasteiger partial charge in [0.05, 0.1) is 23.5 Å². The maximum absolute atomic E-state index is 10.4. The molecule has 24 heavy (non-hydrogen) atoms. The lowest BCUT2D eigenvalue weighted by atomic mass is 9.99. The van der Waals surface area contributed by atoms with E-state index in [0.717, 1.165) is 0 Å². The highest BCUT2D eigenvalue weighted by molar-refractivity contribution is 6.21. The zero-order valence-corrected chi connectivity index (χ0v) is 15.5. The molecule has 0 amide bonds. The van der Waals surface area contributed by atoms with E-state index < -0.39 is 53.9 Å². The first kappa shape index (κ1) is 22.6. The van der Waals surface area contributed by atoms with E-state index >= 15 is 0 Å². The first-order valence-electron chi connectivity index (χ1n) is 7.74. The predicted molar refractivity (Wildman–Crippen MR) is 89.3 cm³/mol. The molecule has 0 radical (unpaired) electrons. The van der Waals surface area contributed by atoms with Gasteiger partial charge in [0.15, 0.2) is 6.29 Å². The number of ether oxygens (including phenoxy) is 2. The monoisotopic (exact) mass is 410 g/mol. The highest BCUT2D eigenvalue weighted by atomic mass is 35.5. The summed E-state index contributed by atoms with van der Waals surface area (Å²) in [5.41, 5.74) is 0. The molecule has 5 unspecified atom stereocenters. The summed E-state index contributed by atoms with van der Waals surface area (Å²) < 4.78 is 10.7. The Balaban J connectivity index is 2.80. The second kappa shape index (κ2) is 10.1. The second-order valence-corrected chi connectivity index (χ2v) is 7.01. The average molecular weight is 412 g/mol. The van der Waals surface area contributed by atoms with E-state index in [4.69, 9.17) is 44.3 Å². The number of hydrogen-bond donors (Lipinski definition) is 5. The summed E-state index contributed by atoms with van der Waals surface area (Å²) in [6, 6.07) is 0. The van der Waals surface area contributed by atoms with Crippen LogP contribution in [0, 0.1) is 0 Å². The first-order chi connectivity index (χ1) is 11.2. The molecule has 1 heterocycles. The maximum Gasteiger partial charge on any atom is 0.208 e. The van der Waals surface area contributed by atoms with Gasteiger partial charge in [0.2, 0.25) is 5.79 Å². The van der Waals surface area contributed by atoms with Crippen LogP contribution in [0.3, 0.4) is 0 Å². The van der Waals surface area contributed by atoms with Crippen LogP contribution in [0.4, 0.5) is 0 Å². The number of rotatable bonds is 9. The third-order valence-corrected chi connectivity index (χ3v) is 5.13. The molecule has 5 N–H and O–H groups in total. The van der Waals surface area contributed by atoms with Gasteiger partial charge in [0.1, 0.15) is 18.3 Å². The van der Waals surface area contributed by atoms with E-state index in [9.17, 15) is 25.5 Å². The Labute approximate surface area is 156 Å². The van der Waals surface area contributed by atoms with Gasteiger partial charge in [-0.2, -0.15) is 0 Å². The quantitative estimate of drug-likeness (QED) is 0.270. The van der Waals surface area contributed by atoms with Crippen LogP contribution < -0.4 is 0 Å². The Hall–Kier alpha value is 0.590. The summed E-state index contributed by atoms with van der Waals surface area (Å²) in [6.45, 7) is 1.77. The summed E-state index contributed by atoms with van der Waals surface area (Å²) >= 11 is 17.2. The van der Waals surface area contributed by atoms with Crippen molar-refractivity contribution in [3.63, 3.8) is 0 Å². The molecule has 8 atom stereocenters. The number of alkyl halides is 3. The van der Waals surface area contributed by atoms with Gasteiger partial charge in [0.25, 0.3) is 0 Å². The van der Waals surface area contributed by atoms with Gasteiger partial charge >= 0.3 is 0 Å². The molecule has 144 valence electrons. The molecule has 0 aromatic heterocycles. The minimum atomic E-state index is -2.29. The fourth-order valence-electron chi connectivity index (χ4n) is 2.40. The first-order valence-corrected chi connectivity index (χ1v) is 9.24. The van der Waals surface area contributed by atoms with Crippen LogP contribution >= 0.6 is 34.8 Å². The zero-order valence-electron chi connectivity index (χ0n) is 13.3. The summed E-state index contributed by atoms with van der Waals surface area (Å²) in [4.78, 5) is 0. The van der Waals surface area contributed by atoms with E-state index in [2.05, 4.69) is 0 Å². The summed E-state index contributed by atoms with van der Waals surface area (Å²) in [7, 11) is 0. The fraction of sp³-hybridized carbons (Fsp3) is 1.00. The highest BCUT2D eigenvalue weighted by Gasteiger charge is 2.48. The van der Waals surface area contributed by atoms with E-state index in [0.29, 0.717) is 6.42 Å². The molecular weight excluding hydrogens is 387 g/mol. The van der Waals surface area contributed by atoms with E-state index in [1.54, 1.807) is 6.92 Å². The Bertz CT molecular complexity index is 376. The predicted octanol–water partition coefficient (Wildman–Crippen LogP) is 0.135. The van der Waals surface area contributed by atoms with Crippen LogP contribution in [0.25, 0.3) is 0 Å². The SMILES string of the molecule is CCC1O[C@H](O[C@@](O)(CCl)C(O)CC(O)CCCl)C(O)C(O)[C@H]1Cl. The molecule has 10 heteroatoms. The number of aliphatic hydroxyl groups is 5. The smallest absolute Gasteiger partial charge is 0.208 e. The molecule has 0 spiro atoms. The summed E-state index contributed by atoms with van der Waals surface area (Å²) in [5, 5.41) is 49.4. The van der Waals surface area contributed by atoms with Gasteiger partial charge < -0.3 is 35.0 Å².